The predicted octanol–water partition coefficient (Wildman–Crippen LogP) is 5.48. The Bertz CT molecular complexity index is 1710. The minimum Gasteiger partial charge on any atom is -0.377 e. The monoisotopic (exact) mass is 644 g/mol. The molecular formula is C36H44N4O5S. The largest absolute Gasteiger partial charge is 0.377 e. The lowest BCUT2D eigenvalue weighted by Gasteiger charge is -2.27. The topological polar surface area (TPSA) is 147 Å². The highest BCUT2D eigenvalue weighted by Gasteiger charge is 2.30. The summed E-state index contributed by atoms with van der Waals surface area (Å²) >= 11 is 0. The van der Waals surface area contributed by atoms with E-state index >= 15 is 0 Å². The maximum absolute atomic E-state index is 13.7. The first-order valence-corrected chi connectivity index (χ1v) is 17.6. The zero-order valence-corrected chi connectivity index (χ0v) is 27.6. The average Bonchev–Trinajstić information content (AvgIpc) is 3.40. The van der Waals surface area contributed by atoms with Crippen molar-refractivity contribution in [2.75, 3.05) is 23.7 Å². The molecule has 5 rings (SSSR count). The third-order valence-corrected chi connectivity index (χ3v) is 10.8. The zero-order valence-electron chi connectivity index (χ0n) is 26.8. The number of carbonyl (C=O) groups excluding carboxylic acids is 3. The zero-order chi connectivity index (χ0) is 33.0. The number of carbonyl (C=O) groups is 3. The van der Waals surface area contributed by atoms with Crippen LogP contribution in [0.3, 0.4) is 0 Å². The number of amides is 1. The molecule has 2 aliphatic rings. The molecule has 1 saturated carbocycles. The number of Topliss-reactive ketones (excluding diaryl/α,β-unsaturated/α-hetero) is 2. The molecule has 0 unspecified atom stereocenters. The minimum absolute atomic E-state index is 0.0171. The number of nitrogens with one attached hydrogen (secondary N) is 3. The summed E-state index contributed by atoms with van der Waals surface area (Å²) in [5.41, 5.74) is 11.3. The van der Waals surface area contributed by atoms with Gasteiger partial charge in [-0.05, 0) is 118 Å². The maximum Gasteiger partial charge on any atom is 0.240 e. The van der Waals surface area contributed by atoms with E-state index in [0.717, 1.165) is 47.9 Å². The first-order valence-electron chi connectivity index (χ1n) is 16.1. The molecule has 10 heteroatoms. The Balaban J connectivity index is 1.33. The van der Waals surface area contributed by atoms with Gasteiger partial charge >= 0.3 is 0 Å². The summed E-state index contributed by atoms with van der Waals surface area (Å²) in [5, 5.41) is 6.05. The molecule has 3 aromatic rings. The number of rotatable bonds is 12. The second-order valence-corrected chi connectivity index (χ2v) is 14.7. The molecule has 3 aromatic carbocycles. The van der Waals surface area contributed by atoms with Crippen LogP contribution in [-0.4, -0.2) is 45.0 Å². The Kier molecular flexibility index (Phi) is 10.4. The molecule has 1 atom stereocenters. The Morgan fingerprint density at radius 1 is 0.957 bits per heavy atom. The van der Waals surface area contributed by atoms with Gasteiger partial charge in [0.25, 0.3) is 0 Å². The van der Waals surface area contributed by atoms with Crippen molar-refractivity contribution in [3.05, 3.63) is 77.4 Å². The van der Waals surface area contributed by atoms with E-state index in [-0.39, 0.29) is 47.3 Å². The van der Waals surface area contributed by atoms with Crippen LogP contribution < -0.4 is 21.1 Å². The molecule has 9 nitrogen and oxygen atoms in total. The fourth-order valence-electron chi connectivity index (χ4n) is 6.52. The van der Waals surface area contributed by atoms with Crippen molar-refractivity contribution in [2.24, 2.45) is 23.5 Å². The molecule has 5 N–H and O–H groups in total. The van der Waals surface area contributed by atoms with Crippen LogP contribution >= 0.6 is 0 Å². The van der Waals surface area contributed by atoms with Crippen LogP contribution in [0.2, 0.25) is 0 Å². The molecule has 46 heavy (non-hydrogen) atoms. The fourth-order valence-corrected chi connectivity index (χ4v) is 7.86. The Morgan fingerprint density at radius 3 is 2.30 bits per heavy atom. The second-order valence-electron chi connectivity index (χ2n) is 13.0. The summed E-state index contributed by atoms with van der Waals surface area (Å²) in [6.07, 6.45) is 4.02. The Labute approximate surface area is 271 Å². The number of hydrogen-bond acceptors (Lipinski definition) is 7. The van der Waals surface area contributed by atoms with Crippen molar-refractivity contribution in [1.82, 2.24) is 4.72 Å². The van der Waals surface area contributed by atoms with Crippen molar-refractivity contribution in [3.63, 3.8) is 0 Å². The number of fused-ring (bicyclic) bond motifs is 1. The van der Waals surface area contributed by atoms with Crippen molar-refractivity contribution < 1.29 is 22.8 Å². The SMILES string of the molecule is Cc1cc(S(=O)(=O)NC(C)C)ccc1-c1ccc(C[C@H](CC(=O)C2CCC(CN)CC2)C(=O)Nc2ccc3c(c2)NCC3=O)cc1. The van der Waals surface area contributed by atoms with Gasteiger partial charge in [-0.25, -0.2) is 13.1 Å². The third-order valence-electron chi connectivity index (χ3n) is 9.13. The van der Waals surface area contributed by atoms with Gasteiger partial charge in [-0.2, -0.15) is 0 Å². The summed E-state index contributed by atoms with van der Waals surface area (Å²) in [7, 11) is -3.60. The number of benzene rings is 3. The number of nitrogens with two attached hydrogens (primary N) is 1. The lowest BCUT2D eigenvalue weighted by molar-refractivity contribution is -0.129. The molecule has 1 aliphatic heterocycles. The summed E-state index contributed by atoms with van der Waals surface area (Å²) in [5.74, 6) is -0.272. The number of anilines is 2. The van der Waals surface area contributed by atoms with E-state index in [0.29, 0.717) is 35.8 Å². The third kappa shape index (κ3) is 7.92. The summed E-state index contributed by atoms with van der Waals surface area (Å²) in [4.78, 5) is 39.4. The molecule has 1 heterocycles. The number of hydrogen-bond donors (Lipinski definition) is 4. The van der Waals surface area contributed by atoms with Gasteiger partial charge in [0.1, 0.15) is 5.78 Å². The van der Waals surface area contributed by atoms with Gasteiger partial charge in [0.15, 0.2) is 5.78 Å². The highest BCUT2D eigenvalue weighted by Crippen LogP contribution is 2.32. The van der Waals surface area contributed by atoms with E-state index in [2.05, 4.69) is 15.4 Å². The van der Waals surface area contributed by atoms with Gasteiger partial charge in [-0.3, -0.25) is 14.4 Å². The standard InChI is InChI=1S/C36H44N4O5S/c1-22(2)40-46(44,45)30-13-15-31(23(3)16-30)26-8-4-24(5-9-26)17-28(18-34(41)27-10-6-25(20-37)7-11-27)36(43)39-29-12-14-32-33(19-29)38-21-35(32)42/h4-5,8-9,12-16,19,22,25,27-28,38,40H,6-7,10-11,17-18,20-21,37H2,1-3H3,(H,39,43)/t25?,27?,28-/m1/s1. The van der Waals surface area contributed by atoms with E-state index in [9.17, 15) is 22.8 Å². The quantitative estimate of drug-likeness (QED) is 0.204. The van der Waals surface area contributed by atoms with Crippen LogP contribution in [0.1, 0.15) is 67.4 Å². The summed E-state index contributed by atoms with van der Waals surface area (Å²) in [6, 6.07) is 17.9. The normalized spacial score (nSPS) is 18.6. The van der Waals surface area contributed by atoms with E-state index in [1.54, 1.807) is 44.2 Å². The second kappa shape index (κ2) is 14.3. The Hall–Kier alpha value is -3.86. The van der Waals surface area contributed by atoms with Crippen molar-refractivity contribution in [1.29, 1.82) is 0 Å². The lowest BCUT2D eigenvalue weighted by Crippen LogP contribution is -2.31. The molecule has 0 aromatic heterocycles. The molecule has 0 spiro atoms. The van der Waals surface area contributed by atoms with Crippen LogP contribution in [0.15, 0.2) is 65.6 Å². The molecule has 244 valence electrons. The van der Waals surface area contributed by atoms with E-state index < -0.39 is 15.9 Å². The van der Waals surface area contributed by atoms with Crippen molar-refractivity contribution in [2.45, 2.75) is 70.2 Å². The van der Waals surface area contributed by atoms with E-state index in [4.69, 9.17) is 5.73 Å². The summed E-state index contributed by atoms with van der Waals surface area (Å²) < 4.78 is 27.9. The van der Waals surface area contributed by atoms with Crippen LogP contribution in [0, 0.1) is 24.7 Å². The van der Waals surface area contributed by atoms with Crippen LogP contribution in [-0.2, 0) is 26.0 Å². The molecule has 1 fully saturated rings. The first kappa shape index (κ1) is 33.5. The van der Waals surface area contributed by atoms with E-state index in [1.807, 2.05) is 37.3 Å². The van der Waals surface area contributed by atoms with Crippen LogP contribution in [0.25, 0.3) is 11.1 Å². The number of aryl methyl sites for hydroxylation is 1. The van der Waals surface area contributed by atoms with Crippen molar-refractivity contribution >= 4 is 38.9 Å². The molecule has 0 radical (unpaired) electrons. The van der Waals surface area contributed by atoms with Gasteiger partial charge in [-0.1, -0.05) is 30.3 Å². The predicted molar refractivity (Wildman–Crippen MR) is 181 cm³/mol. The van der Waals surface area contributed by atoms with Gasteiger partial charge in [0.05, 0.1) is 11.4 Å². The van der Waals surface area contributed by atoms with Gasteiger partial charge in [0, 0.05) is 41.2 Å². The molecule has 0 bridgehead atoms. The number of sulfonamides is 1. The van der Waals surface area contributed by atoms with Gasteiger partial charge in [-0.15, -0.1) is 0 Å². The first-order chi connectivity index (χ1) is 21.9. The smallest absolute Gasteiger partial charge is 0.240 e. The lowest BCUT2D eigenvalue weighted by atomic mass is 9.77. The molecule has 1 amide bonds. The highest BCUT2D eigenvalue weighted by molar-refractivity contribution is 7.89. The summed E-state index contributed by atoms with van der Waals surface area (Å²) in [6.45, 7) is 6.33. The van der Waals surface area contributed by atoms with E-state index in [1.165, 1.54) is 0 Å². The van der Waals surface area contributed by atoms with Gasteiger partial charge < -0.3 is 16.4 Å². The van der Waals surface area contributed by atoms with Crippen LogP contribution in [0.5, 0.6) is 0 Å². The minimum atomic E-state index is -3.60. The molecule has 0 saturated heterocycles. The highest BCUT2D eigenvalue weighted by atomic mass is 32.2. The Morgan fingerprint density at radius 2 is 1.65 bits per heavy atom. The maximum atomic E-state index is 13.7. The fraction of sp³-hybridized carbons (Fsp3) is 0.417. The molecule has 1 aliphatic carbocycles. The molecular weight excluding hydrogens is 600 g/mol. The average molecular weight is 645 g/mol. The van der Waals surface area contributed by atoms with Crippen LogP contribution in [0.4, 0.5) is 11.4 Å². The number of ketones is 2. The van der Waals surface area contributed by atoms with Crippen molar-refractivity contribution in [3.8, 4) is 11.1 Å². The van der Waals surface area contributed by atoms with Gasteiger partial charge in [0.2, 0.25) is 15.9 Å².